The first-order chi connectivity index (χ1) is 8.79. The Hall–Kier alpha value is -1.94. The molecule has 0 aliphatic carbocycles. The first kappa shape index (κ1) is 12.5. The van der Waals surface area contributed by atoms with Gasteiger partial charge in [-0.25, -0.2) is 0 Å². The highest BCUT2D eigenvalue weighted by Crippen LogP contribution is 2.18. The van der Waals surface area contributed by atoms with E-state index in [1.165, 1.54) is 0 Å². The third kappa shape index (κ3) is 3.28. The lowest BCUT2D eigenvalue weighted by Gasteiger charge is -2.10. The number of aliphatic hydroxyl groups excluding tert-OH is 1. The number of methoxy groups -OCH3 is 1. The number of hydrogen-bond donors (Lipinski definition) is 1. The lowest BCUT2D eigenvalue weighted by Crippen LogP contribution is -2.01. The van der Waals surface area contributed by atoms with Crippen molar-refractivity contribution >= 4 is 0 Å². The van der Waals surface area contributed by atoms with Gasteiger partial charge in [-0.3, -0.25) is 0 Å². The SMILES string of the molecule is COc1ccc(CCC(O)c2ccccc2)nn1. The van der Waals surface area contributed by atoms with E-state index in [-0.39, 0.29) is 0 Å². The van der Waals surface area contributed by atoms with Gasteiger partial charge in [0.2, 0.25) is 5.88 Å². The molecule has 1 atom stereocenters. The van der Waals surface area contributed by atoms with Gasteiger partial charge in [-0.15, -0.1) is 5.10 Å². The van der Waals surface area contributed by atoms with Crippen molar-refractivity contribution in [3.8, 4) is 5.88 Å². The summed E-state index contributed by atoms with van der Waals surface area (Å²) in [5.74, 6) is 0.502. The molecule has 0 saturated carbocycles. The quantitative estimate of drug-likeness (QED) is 0.875. The molecular weight excluding hydrogens is 228 g/mol. The van der Waals surface area contributed by atoms with Crippen LogP contribution in [-0.2, 0) is 6.42 Å². The molecule has 0 fully saturated rings. The van der Waals surface area contributed by atoms with E-state index in [0.29, 0.717) is 18.7 Å². The van der Waals surface area contributed by atoms with Gasteiger partial charge in [0.25, 0.3) is 0 Å². The Morgan fingerprint density at radius 3 is 2.50 bits per heavy atom. The Kier molecular flexibility index (Phi) is 4.25. The van der Waals surface area contributed by atoms with Crippen molar-refractivity contribution in [2.24, 2.45) is 0 Å². The lowest BCUT2D eigenvalue weighted by atomic mass is 10.0. The molecule has 2 aromatic rings. The second-order valence-electron chi connectivity index (χ2n) is 4.03. The molecule has 4 heteroatoms. The third-order valence-corrected chi connectivity index (χ3v) is 2.76. The van der Waals surface area contributed by atoms with E-state index in [0.717, 1.165) is 11.3 Å². The summed E-state index contributed by atoms with van der Waals surface area (Å²) < 4.78 is 4.94. The van der Waals surface area contributed by atoms with Crippen molar-refractivity contribution in [1.82, 2.24) is 10.2 Å². The minimum Gasteiger partial charge on any atom is -0.480 e. The van der Waals surface area contributed by atoms with E-state index in [2.05, 4.69) is 10.2 Å². The lowest BCUT2D eigenvalue weighted by molar-refractivity contribution is 0.167. The van der Waals surface area contributed by atoms with E-state index >= 15 is 0 Å². The second kappa shape index (κ2) is 6.12. The molecule has 1 aromatic heterocycles. The minimum absolute atomic E-state index is 0.463. The first-order valence-electron chi connectivity index (χ1n) is 5.89. The number of nitrogens with zero attached hydrogens (tertiary/aromatic N) is 2. The van der Waals surface area contributed by atoms with Crippen LogP contribution in [0.15, 0.2) is 42.5 Å². The van der Waals surface area contributed by atoms with Crippen LogP contribution < -0.4 is 4.74 Å². The number of aliphatic hydroxyl groups is 1. The summed E-state index contributed by atoms with van der Waals surface area (Å²) in [6.45, 7) is 0. The van der Waals surface area contributed by atoms with Crippen molar-refractivity contribution in [2.45, 2.75) is 18.9 Å². The van der Waals surface area contributed by atoms with Crippen LogP contribution in [0, 0.1) is 0 Å². The van der Waals surface area contributed by atoms with Crippen molar-refractivity contribution in [2.75, 3.05) is 7.11 Å². The molecule has 0 amide bonds. The normalized spacial score (nSPS) is 12.1. The monoisotopic (exact) mass is 244 g/mol. The molecule has 1 N–H and O–H groups in total. The van der Waals surface area contributed by atoms with Crippen molar-refractivity contribution < 1.29 is 9.84 Å². The zero-order valence-corrected chi connectivity index (χ0v) is 10.3. The van der Waals surface area contributed by atoms with Crippen LogP contribution in [0.4, 0.5) is 0 Å². The zero-order chi connectivity index (χ0) is 12.8. The van der Waals surface area contributed by atoms with Gasteiger partial charge in [-0.1, -0.05) is 30.3 Å². The fourth-order valence-corrected chi connectivity index (χ4v) is 1.72. The summed E-state index contributed by atoms with van der Waals surface area (Å²) >= 11 is 0. The number of rotatable bonds is 5. The van der Waals surface area contributed by atoms with Gasteiger partial charge in [0.05, 0.1) is 18.9 Å². The van der Waals surface area contributed by atoms with Gasteiger partial charge in [-0.05, 0) is 24.5 Å². The van der Waals surface area contributed by atoms with E-state index in [4.69, 9.17) is 4.74 Å². The standard InChI is InChI=1S/C14H16N2O2/c1-18-14-10-8-12(15-16-14)7-9-13(17)11-5-3-2-4-6-11/h2-6,8,10,13,17H,7,9H2,1H3. The summed E-state index contributed by atoms with van der Waals surface area (Å²) in [4.78, 5) is 0. The predicted molar refractivity (Wildman–Crippen MR) is 68.3 cm³/mol. The Bertz CT molecular complexity index is 471. The van der Waals surface area contributed by atoms with Gasteiger partial charge < -0.3 is 9.84 Å². The van der Waals surface area contributed by atoms with E-state index in [9.17, 15) is 5.11 Å². The van der Waals surface area contributed by atoms with Gasteiger partial charge >= 0.3 is 0 Å². The molecule has 0 aliphatic rings. The molecule has 0 saturated heterocycles. The van der Waals surface area contributed by atoms with Crippen LogP contribution in [0.3, 0.4) is 0 Å². The van der Waals surface area contributed by atoms with E-state index < -0.39 is 6.10 Å². The highest BCUT2D eigenvalue weighted by molar-refractivity contribution is 5.18. The van der Waals surface area contributed by atoms with Gasteiger partial charge in [0.1, 0.15) is 0 Å². The fourth-order valence-electron chi connectivity index (χ4n) is 1.72. The molecule has 2 rings (SSSR count). The molecule has 0 spiro atoms. The maximum atomic E-state index is 10.0. The van der Waals surface area contributed by atoms with E-state index in [1.54, 1.807) is 13.2 Å². The maximum Gasteiger partial charge on any atom is 0.233 e. The molecule has 1 aromatic carbocycles. The number of ether oxygens (including phenoxy) is 1. The summed E-state index contributed by atoms with van der Waals surface area (Å²) in [6, 6.07) is 13.3. The van der Waals surface area contributed by atoms with Crippen molar-refractivity contribution in [3.63, 3.8) is 0 Å². The predicted octanol–water partition coefficient (Wildman–Crippen LogP) is 2.15. The second-order valence-corrected chi connectivity index (χ2v) is 4.03. The van der Waals surface area contributed by atoms with Crippen molar-refractivity contribution in [1.29, 1.82) is 0 Å². The molecule has 0 bridgehead atoms. The third-order valence-electron chi connectivity index (χ3n) is 2.76. The number of benzene rings is 1. The molecule has 0 aliphatic heterocycles. The van der Waals surface area contributed by atoms with Gasteiger partial charge in [0.15, 0.2) is 0 Å². The molecule has 4 nitrogen and oxygen atoms in total. The van der Waals surface area contributed by atoms with Crippen LogP contribution in [0.1, 0.15) is 23.8 Å². The Morgan fingerprint density at radius 2 is 1.89 bits per heavy atom. The molecule has 1 heterocycles. The number of aromatic nitrogens is 2. The Morgan fingerprint density at radius 1 is 1.11 bits per heavy atom. The highest BCUT2D eigenvalue weighted by Gasteiger charge is 2.07. The molecule has 0 radical (unpaired) electrons. The van der Waals surface area contributed by atoms with Crippen LogP contribution in [0.2, 0.25) is 0 Å². The molecule has 94 valence electrons. The highest BCUT2D eigenvalue weighted by atomic mass is 16.5. The zero-order valence-electron chi connectivity index (χ0n) is 10.3. The maximum absolute atomic E-state index is 10.0. The summed E-state index contributed by atoms with van der Waals surface area (Å²) in [7, 11) is 1.56. The van der Waals surface area contributed by atoms with Gasteiger partial charge in [0, 0.05) is 6.07 Å². The average Bonchev–Trinajstić information content (AvgIpc) is 2.46. The molecular formula is C14H16N2O2. The largest absolute Gasteiger partial charge is 0.480 e. The topological polar surface area (TPSA) is 55.2 Å². The first-order valence-corrected chi connectivity index (χ1v) is 5.89. The molecule has 1 unspecified atom stereocenters. The summed E-state index contributed by atoms with van der Waals surface area (Å²) in [5, 5.41) is 17.9. The van der Waals surface area contributed by atoms with Crippen LogP contribution in [0.25, 0.3) is 0 Å². The molecule has 18 heavy (non-hydrogen) atoms. The minimum atomic E-state index is -0.463. The van der Waals surface area contributed by atoms with Crippen LogP contribution >= 0.6 is 0 Å². The smallest absolute Gasteiger partial charge is 0.233 e. The van der Waals surface area contributed by atoms with Crippen molar-refractivity contribution in [3.05, 3.63) is 53.7 Å². The number of aryl methyl sites for hydroxylation is 1. The van der Waals surface area contributed by atoms with E-state index in [1.807, 2.05) is 36.4 Å². The number of hydrogen-bond acceptors (Lipinski definition) is 4. The summed E-state index contributed by atoms with van der Waals surface area (Å²) in [6.07, 6.45) is 0.855. The van der Waals surface area contributed by atoms with Crippen LogP contribution in [0.5, 0.6) is 5.88 Å². The summed E-state index contributed by atoms with van der Waals surface area (Å²) in [5.41, 5.74) is 1.78. The van der Waals surface area contributed by atoms with Crippen LogP contribution in [-0.4, -0.2) is 22.4 Å². The van der Waals surface area contributed by atoms with Gasteiger partial charge in [-0.2, -0.15) is 5.10 Å². The fraction of sp³-hybridized carbons (Fsp3) is 0.286. The average molecular weight is 244 g/mol. The Labute approximate surface area is 106 Å². The Balaban J connectivity index is 1.91.